The highest BCUT2D eigenvalue weighted by molar-refractivity contribution is 5.33. The predicted molar refractivity (Wildman–Crippen MR) is 35.3 cm³/mol. The first-order valence-corrected chi connectivity index (χ1v) is 3.67. The maximum atomic E-state index is 12.0. The Morgan fingerprint density at radius 3 is 2.42 bits per heavy atom. The molecule has 12 heavy (non-hydrogen) atoms. The van der Waals surface area contributed by atoms with Gasteiger partial charge in [0.25, 0.3) is 0 Å². The fraction of sp³-hybridized carbons (Fsp3) is 0.857. The third kappa shape index (κ3) is 2.08. The van der Waals surface area contributed by atoms with Gasteiger partial charge in [0, 0.05) is 0 Å². The second-order valence-corrected chi connectivity index (χ2v) is 2.93. The Morgan fingerprint density at radius 2 is 2.00 bits per heavy atom. The van der Waals surface area contributed by atoms with Crippen molar-refractivity contribution < 1.29 is 18.0 Å². The summed E-state index contributed by atoms with van der Waals surface area (Å²) in [5, 5.41) is 0. The molecule has 0 aromatic carbocycles. The van der Waals surface area contributed by atoms with Crippen LogP contribution in [0.2, 0.25) is 0 Å². The van der Waals surface area contributed by atoms with Gasteiger partial charge in [-0.2, -0.15) is 13.2 Å². The minimum atomic E-state index is -4.13. The van der Waals surface area contributed by atoms with Gasteiger partial charge >= 0.3 is 6.18 Å². The molecule has 2 unspecified atom stereocenters. The highest BCUT2D eigenvalue weighted by atomic mass is 19.4. The van der Waals surface area contributed by atoms with Gasteiger partial charge in [-0.25, -0.2) is 9.79 Å². The van der Waals surface area contributed by atoms with Crippen molar-refractivity contribution in [2.75, 3.05) is 0 Å². The number of carbonyl (C=O) groups excluding carboxylic acids is 1. The smallest absolute Gasteiger partial charge is 0.211 e. The van der Waals surface area contributed by atoms with Crippen LogP contribution in [0, 0.1) is 5.92 Å². The van der Waals surface area contributed by atoms with Crippen LogP contribution in [0.25, 0.3) is 0 Å². The minimum Gasteiger partial charge on any atom is -0.211 e. The molecule has 2 atom stereocenters. The van der Waals surface area contributed by atoms with Crippen LogP contribution < -0.4 is 0 Å². The molecule has 1 aliphatic rings. The van der Waals surface area contributed by atoms with Crippen molar-refractivity contribution in [1.29, 1.82) is 0 Å². The number of nitrogens with zero attached hydrogens (tertiary/aromatic N) is 1. The molecule has 1 aliphatic carbocycles. The molecular weight excluding hydrogens is 171 g/mol. The second kappa shape index (κ2) is 3.27. The molecule has 0 aliphatic heterocycles. The number of halogens is 3. The van der Waals surface area contributed by atoms with E-state index in [2.05, 4.69) is 4.99 Å². The zero-order valence-corrected chi connectivity index (χ0v) is 6.27. The first-order chi connectivity index (χ1) is 5.54. The van der Waals surface area contributed by atoms with Gasteiger partial charge in [-0.15, -0.1) is 0 Å². The number of alkyl halides is 3. The lowest BCUT2D eigenvalue weighted by Gasteiger charge is -2.12. The first-order valence-electron chi connectivity index (χ1n) is 3.67. The summed E-state index contributed by atoms with van der Waals surface area (Å²) >= 11 is 0. The van der Waals surface area contributed by atoms with Gasteiger partial charge in [0.05, 0.1) is 12.0 Å². The summed E-state index contributed by atoms with van der Waals surface area (Å²) in [5.41, 5.74) is 0. The van der Waals surface area contributed by atoms with Crippen LogP contribution in [0.3, 0.4) is 0 Å². The van der Waals surface area contributed by atoms with E-state index in [4.69, 9.17) is 0 Å². The summed E-state index contributed by atoms with van der Waals surface area (Å²) in [5.74, 6) is -1.28. The Hall–Kier alpha value is -0.830. The van der Waals surface area contributed by atoms with Gasteiger partial charge in [-0.05, 0) is 19.3 Å². The molecular formula is C7H8F3NO. The maximum absolute atomic E-state index is 12.0. The molecule has 0 radical (unpaired) electrons. The lowest BCUT2D eigenvalue weighted by molar-refractivity contribution is -0.172. The number of hydrogen-bond donors (Lipinski definition) is 0. The summed E-state index contributed by atoms with van der Waals surface area (Å²) in [6, 6.07) is -0.464. The normalized spacial score (nSPS) is 29.9. The fourth-order valence-electron chi connectivity index (χ4n) is 1.45. The monoisotopic (exact) mass is 179 g/mol. The lowest BCUT2D eigenvalue weighted by atomic mass is 10.1. The van der Waals surface area contributed by atoms with Crippen LogP contribution in [0.1, 0.15) is 19.3 Å². The summed E-state index contributed by atoms with van der Waals surface area (Å²) in [6.45, 7) is 0. The number of aliphatic imine (C=N–C) groups is 1. The van der Waals surface area contributed by atoms with E-state index >= 15 is 0 Å². The van der Waals surface area contributed by atoms with E-state index in [0.717, 1.165) is 0 Å². The van der Waals surface area contributed by atoms with Gasteiger partial charge < -0.3 is 0 Å². The Bertz CT molecular complexity index is 207. The molecule has 0 heterocycles. The molecule has 0 aromatic rings. The van der Waals surface area contributed by atoms with Crippen molar-refractivity contribution in [2.45, 2.75) is 31.5 Å². The molecule has 2 nitrogen and oxygen atoms in total. The van der Waals surface area contributed by atoms with Crippen molar-refractivity contribution in [3.05, 3.63) is 0 Å². The topological polar surface area (TPSA) is 29.4 Å². The van der Waals surface area contributed by atoms with Gasteiger partial charge in [-0.1, -0.05) is 0 Å². The SMILES string of the molecule is O=C=NC1CCC(C(F)(F)F)C1. The summed E-state index contributed by atoms with van der Waals surface area (Å²) in [6.07, 6.45) is -2.47. The standard InChI is InChI=1S/C7H8F3NO/c8-7(9,10)5-1-2-6(3-5)11-4-12/h5-6H,1-3H2. The van der Waals surface area contributed by atoms with Crippen LogP contribution in [-0.2, 0) is 4.79 Å². The van der Waals surface area contributed by atoms with Crippen molar-refractivity contribution in [1.82, 2.24) is 0 Å². The fourth-order valence-corrected chi connectivity index (χ4v) is 1.45. The van der Waals surface area contributed by atoms with E-state index in [-0.39, 0.29) is 12.8 Å². The van der Waals surface area contributed by atoms with E-state index < -0.39 is 18.1 Å². The summed E-state index contributed by atoms with van der Waals surface area (Å²) in [7, 11) is 0. The van der Waals surface area contributed by atoms with Gasteiger partial charge in [-0.3, -0.25) is 0 Å². The summed E-state index contributed by atoms with van der Waals surface area (Å²) < 4.78 is 36.1. The Morgan fingerprint density at radius 1 is 1.33 bits per heavy atom. The maximum Gasteiger partial charge on any atom is 0.391 e. The number of isocyanates is 1. The molecule has 0 amide bonds. The predicted octanol–water partition coefficient (Wildman–Crippen LogP) is 2.05. The van der Waals surface area contributed by atoms with Crippen molar-refractivity contribution in [3.8, 4) is 0 Å². The van der Waals surface area contributed by atoms with E-state index in [1.807, 2.05) is 0 Å². The van der Waals surface area contributed by atoms with Crippen LogP contribution in [0.4, 0.5) is 13.2 Å². The Labute approximate surface area is 67.5 Å². The molecule has 0 N–H and O–H groups in total. The molecule has 0 spiro atoms. The van der Waals surface area contributed by atoms with Crippen molar-refractivity contribution in [2.24, 2.45) is 10.9 Å². The molecule has 0 bridgehead atoms. The molecule has 68 valence electrons. The second-order valence-electron chi connectivity index (χ2n) is 2.93. The highest BCUT2D eigenvalue weighted by Gasteiger charge is 2.44. The highest BCUT2D eigenvalue weighted by Crippen LogP contribution is 2.39. The molecule has 1 fully saturated rings. The van der Waals surface area contributed by atoms with E-state index in [1.165, 1.54) is 6.08 Å². The average Bonchev–Trinajstić information content (AvgIpc) is 2.35. The molecule has 1 rings (SSSR count). The Kier molecular flexibility index (Phi) is 2.52. The first kappa shape index (κ1) is 9.26. The molecule has 1 saturated carbocycles. The van der Waals surface area contributed by atoms with Crippen LogP contribution in [-0.4, -0.2) is 18.3 Å². The lowest BCUT2D eigenvalue weighted by Crippen LogP contribution is -2.20. The van der Waals surface area contributed by atoms with Crippen molar-refractivity contribution >= 4 is 6.08 Å². The van der Waals surface area contributed by atoms with E-state index in [1.54, 1.807) is 0 Å². The minimum absolute atomic E-state index is 0.0568. The molecule has 0 saturated heterocycles. The van der Waals surface area contributed by atoms with Crippen LogP contribution >= 0.6 is 0 Å². The third-order valence-corrected chi connectivity index (χ3v) is 2.10. The van der Waals surface area contributed by atoms with Gasteiger partial charge in [0.15, 0.2) is 0 Å². The largest absolute Gasteiger partial charge is 0.391 e. The number of rotatable bonds is 1. The molecule has 0 aromatic heterocycles. The zero-order valence-electron chi connectivity index (χ0n) is 6.27. The zero-order chi connectivity index (χ0) is 9.19. The van der Waals surface area contributed by atoms with E-state index in [0.29, 0.717) is 6.42 Å². The van der Waals surface area contributed by atoms with Crippen molar-refractivity contribution in [3.63, 3.8) is 0 Å². The van der Waals surface area contributed by atoms with Gasteiger partial charge in [0.2, 0.25) is 6.08 Å². The Balaban J connectivity index is 2.51. The number of hydrogen-bond acceptors (Lipinski definition) is 2. The van der Waals surface area contributed by atoms with Crippen LogP contribution in [0.5, 0.6) is 0 Å². The van der Waals surface area contributed by atoms with Crippen LogP contribution in [0.15, 0.2) is 4.99 Å². The summed E-state index contributed by atoms with van der Waals surface area (Å²) in [4.78, 5) is 13.0. The van der Waals surface area contributed by atoms with Gasteiger partial charge in [0.1, 0.15) is 0 Å². The molecule has 5 heteroatoms. The quantitative estimate of drug-likeness (QED) is 0.447. The van der Waals surface area contributed by atoms with E-state index in [9.17, 15) is 18.0 Å². The average molecular weight is 179 g/mol. The third-order valence-electron chi connectivity index (χ3n) is 2.10.